The first kappa shape index (κ1) is 8.58. The largest absolute Gasteiger partial charge is 0.288 e. The molecule has 3 nitrogen and oxygen atoms in total. The summed E-state index contributed by atoms with van der Waals surface area (Å²) in [6.07, 6.45) is 1.20. The molecule has 0 saturated heterocycles. The number of carbonyl (C=O) groups is 1. The average molecular weight is 279 g/mol. The minimum atomic E-state index is -0.529. The molecule has 0 saturated carbocycles. The summed E-state index contributed by atoms with van der Waals surface area (Å²) in [4.78, 5) is 23.5. The van der Waals surface area contributed by atoms with Gasteiger partial charge in [0.1, 0.15) is 0 Å². The third-order valence-corrected chi connectivity index (χ3v) is 2.75. The van der Waals surface area contributed by atoms with Crippen molar-refractivity contribution in [2.75, 3.05) is 0 Å². The molecule has 5 heteroatoms. The van der Waals surface area contributed by atoms with E-state index in [0.717, 1.165) is 2.88 Å². The number of isocyanates is 1. The van der Waals surface area contributed by atoms with Crippen molar-refractivity contribution in [3.05, 3.63) is 19.9 Å². The number of aliphatic imine (C=N–C) groups is 1. The highest BCUT2D eigenvalue weighted by atomic mass is 127. The van der Waals surface area contributed by atoms with Crippen LogP contribution in [0.15, 0.2) is 16.4 Å². The summed E-state index contributed by atoms with van der Waals surface area (Å²) in [6.45, 7) is 0. The SMILES string of the molecule is O=C=NC(=O)c1csc(I)c1. The zero-order chi connectivity index (χ0) is 8.27. The Morgan fingerprint density at radius 2 is 2.45 bits per heavy atom. The van der Waals surface area contributed by atoms with Crippen molar-refractivity contribution in [2.45, 2.75) is 0 Å². The Balaban J connectivity index is 2.93. The van der Waals surface area contributed by atoms with Gasteiger partial charge in [0.15, 0.2) is 0 Å². The van der Waals surface area contributed by atoms with Crippen LogP contribution >= 0.6 is 33.9 Å². The van der Waals surface area contributed by atoms with Crippen molar-refractivity contribution >= 4 is 45.9 Å². The molecule has 0 atom stereocenters. The van der Waals surface area contributed by atoms with Gasteiger partial charge in [-0.1, -0.05) is 0 Å². The van der Waals surface area contributed by atoms with E-state index in [1.807, 2.05) is 0 Å². The number of hydrogen-bond donors (Lipinski definition) is 0. The van der Waals surface area contributed by atoms with E-state index in [0.29, 0.717) is 5.56 Å². The van der Waals surface area contributed by atoms with Gasteiger partial charge in [-0.2, -0.15) is 0 Å². The van der Waals surface area contributed by atoms with Crippen molar-refractivity contribution in [1.29, 1.82) is 0 Å². The highest BCUT2D eigenvalue weighted by molar-refractivity contribution is 14.1. The fourth-order valence-electron chi connectivity index (χ4n) is 0.528. The molecule has 0 bridgehead atoms. The van der Waals surface area contributed by atoms with Gasteiger partial charge in [-0.25, -0.2) is 4.79 Å². The van der Waals surface area contributed by atoms with Crippen molar-refractivity contribution in [3.8, 4) is 0 Å². The molecule has 1 rings (SSSR count). The van der Waals surface area contributed by atoms with Crippen LogP contribution in [0.2, 0.25) is 0 Å². The van der Waals surface area contributed by atoms with Crippen LogP contribution in [-0.4, -0.2) is 12.0 Å². The molecular formula is C6H2INO2S. The standard InChI is InChI=1S/C6H2INO2S/c7-5-1-4(2-11-5)6(10)8-3-9/h1-2H. The van der Waals surface area contributed by atoms with Gasteiger partial charge in [0.05, 0.1) is 8.45 Å². The van der Waals surface area contributed by atoms with Crippen LogP contribution in [0.4, 0.5) is 0 Å². The van der Waals surface area contributed by atoms with E-state index >= 15 is 0 Å². The monoisotopic (exact) mass is 279 g/mol. The predicted octanol–water partition coefficient (Wildman–Crippen LogP) is 1.83. The number of carbonyl (C=O) groups excluding carboxylic acids is 2. The molecule has 0 aliphatic heterocycles. The first-order valence-electron chi connectivity index (χ1n) is 2.60. The van der Waals surface area contributed by atoms with E-state index in [2.05, 4.69) is 27.6 Å². The third kappa shape index (κ3) is 2.21. The third-order valence-electron chi connectivity index (χ3n) is 0.962. The van der Waals surface area contributed by atoms with Crippen LogP contribution in [0.5, 0.6) is 0 Å². The molecule has 0 N–H and O–H groups in total. The van der Waals surface area contributed by atoms with Gasteiger partial charge < -0.3 is 0 Å². The highest BCUT2D eigenvalue weighted by Gasteiger charge is 2.05. The quantitative estimate of drug-likeness (QED) is 0.447. The van der Waals surface area contributed by atoms with Gasteiger partial charge in [0, 0.05) is 5.38 Å². The number of amides is 1. The number of nitrogens with zero attached hydrogens (tertiary/aromatic N) is 1. The van der Waals surface area contributed by atoms with Crippen LogP contribution in [0.25, 0.3) is 0 Å². The van der Waals surface area contributed by atoms with Crippen molar-refractivity contribution < 1.29 is 9.59 Å². The molecule has 1 aromatic rings. The number of halogens is 1. The van der Waals surface area contributed by atoms with Crippen LogP contribution in [0.3, 0.4) is 0 Å². The molecular weight excluding hydrogens is 277 g/mol. The molecule has 0 spiro atoms. The fourth-order valence-corrected chi connectivity index (χ4v) is 1.85. The predicted molar refractivity (Wildman–Crippen MR) is 49.5 cm³/mol. The molecule has 56 valence electrons. The maximum absolute atomic E-state index is 10.8. The molecule has 0 aliphatic rings. The molecule has 0 fully saturated rings. The first-order chi connectivity index (χ1) is 5.24. The van der Waals surface area contributed by atoms with E-state index in [-0.39, 0.29) is 0 Å². The topological polar surface area (TPSA) is 46.5 Å². The zero-order valence-corrected chi connectivity index (χ0v) is 8.18. The summed E-state index contributed by atoms with van der Waals surface area (Å²) in [7, 11) is 0. The van der Waals surface area contributed by atoms with Crippen LogP contribution in [-0.2, 0) is 4.79 Å². The Morgan fingerprint density at radius 1 is 1.73 bits per heavy atom. The second-order valence-electron chi connectivity index (χ2n) is 1.65. The Bertz CT molecular complexity index is 327. The van der Waals surface area contributed by atoms with Gasteiger partial charge in [-0.3, -0.25) is 4.79 Å². The molecule has 1 amide bonds. The molecule has 0 aromatic carbocycles. The Labute approximate surface area is 80.3 Å². The molecule has 1 aromatic heterocycles. The highest BCUT2D eigenvalue weighted by Crippen LogP contribution is 2.16. The van der Waals surface area contributed by atoms with Gasteiger partial charge in [0.25, 0.3) is 5.91 Å². The van der Waals surface area contributed by atoms with E-state index in [1.165, 1.54) is 17.4 Å². The van der Waals surface area contributed by atoms with E-state index in [4.69, 9.17) is 0 Å². The summed E-state index contributed by atoms with van der Waals surface area (Å²) < 4.78 is 0.993. The number of thiophene rings is 1. The lowest BCUT2D eigenvalue weighted by Gasteiger charge is -1.80. The lowest BCUT2D eigenvalue weighted by atomic mass is 10.3. The summed E-state index contributed by atoms with van der Waals surface area (Å²) in [5, 5.41) is 1.66. The smallest absolute Gasteiger partial charge is 0.266 e. The Morgan fingerprint density at radius 3 is 2.91 bits per heavy atom. The molecule has 0 radical (unpaired) electrons. The summed E-state index contributed by atoms with van der Waals surface area (Å²) >= 11 is 3.52. The average Bonchev–Trinajstić information content (AvgIpc) is 2.36. The van der Waals surface area contributed by atoms with E-state index < -0.39 is 5.91 Å². The van der Waals surface area contributed by atoms with E-state index in [9.17, 15) is 9.59 Å². The molecule has 0 unspecified atom stereocenters. The van der Waals surface area contributed by atoms with Gasteiger partial charge in [-0.05, 0) is 28.7 Å². The van der Waals surface area contributed by atoms with Crippen LogP contribution in [0, 0.1) is 2.88 Å². The molecule has 1 heterocycles. The Hall–Kier alpha value is -0.520. The second kappa shape index (κ2) is 3.75. The van der Waals surface area contributed by atoms with Crippen molar-refractivity contribution in [1.82, 2.24) is 0 Å². The minimum Gasteiger partial charge on any atom is -0.266 e. The maximum Gasteiger partial charge on any atom is 0.288 e. The maximum atomic E-state index is 10.8. The lowest BCUT2D eigenvalue weighted by molar-refractivity contribution is 0.100. The van der Waals surface area contributed by atoms with Crippen molar-refractivity contribution in [3.63, 3.8) is 0 Å². The Kier molecular flexibility index (Phi) is 2.92. The zero-order valence-electron chi connectivity index (χ0n) is 5.20. The lowest BCUT2D eigenvalue weighted by Crippen LogP contribution is -1.89. The van der Waals surface area contributed by atoms with Crippen LogP contribution in [0.1, 0.15) is 10.4 Å². The van der Waals surface area contributed by atoms with Crippen LogP contribution < -0.4 is 0 Å². The first-order valence-corrected chi connectivity index (χ1v) is 4.56. The molecule has 0 aliphatic carbocycles. The summed E-state index contributed by atoms with van der Waals surface area (Å²) in [5.74, 6) is -0.529. The normalized spacial score (nSPS) is 8.82. The summed E-state index contributed by atoms with van der Waals surface area (Å²) in [6, 6.07) is 1.67. The van der Waals surface area contributed by atoms with Crippen molar-refractivity contribution in [2.24, 2.45) is 4.99 Å². The van der Waals surface area contributed by atoms with Gasteiger partial charge in [-0.15, -0.1) is 16.3 Å². The number of rotatable bonds is 1. The summed E-state index contributed by atoms with van der Waals surface area (Å²) in [5.41, 5.74) is 0.447. The van der Waals surface area contributed by atoms with E-state index in [1.54, 1.807) is 11.4 Å². The fraction of sp³-hybridized carbons (Fsp3) is 0. The minimum absolute atomic E-state index is 0.447. The number of hydrogen-bond acceptors (Lipinski definition) is 3. The molecule has 11 heavy (non-hydrogen) atoms. The second-order valence-corrected chi connectivity index (χ2v) is 4.45. The van der Waals surface area contributed by atoms with Gasteiger partial charge in [0.2, 0.25) is 6.08 Å². The van der Waals surface area contributed by atoms with Gasteiger partial charge >= 0.3 is 0 Å².